The Labute approximate surface area is 164 Å². The van der Waals surface area contributed by atoms with Gasteiger partial charge in [0.1, 0.15) is 0 Å². The predicted octanol–water partition coefficient (Wildman–Crippen LogP) is 3.29. The number of aromatic nitrogens is 4. The highest BCUT2D eigenvalue weighted by Crippen LogP contribution is 2.38. The average Bonchev–Trinajstić information content (AvgIpc) is 3.56. The van der Waals surface area contributed by atoms with Gasteiger partial charge in [-0.05, 0) is 44.6 Å². The zero-order valence-corrected chi connectivity index (χ0v) is 16.2. The quantitative estimate of drug-likeness (QED) is 0.700. The standard InChI is InChI=1S/C22H25N5O/c1-15-18-4-2-3-5-19(18)22(24-23-15)26-12-10-16(11-13-26)14-27-21(28)9-8-20(25-27)17-6-7-17/h2-5,8-9,16-17H,6-7,10-14H2,1H3. The lowest BCUT2D eigenvalue weighted by Gasteiger charge is -2.33. The zero-order chi connectivity index (χ0) is 19.1. The fourth-order valence-electron chi connectivity index (χ4n) is 4.22. The summed E-state index contributed by atoms with van der Waals surface area (Å²) in [7, 11) is 0. The third-order valence-corrected chi connectivity index (χ3v) is 6.08. The van der Waals surface area contributed by atoms with Crippen LogP contribution in [0.5, 0.6) is 0 Å². The fourth-order valence-corrected chi connectivity index (χ4v) is 4.22. The number of fused-ring (bicyclic) bond motifs is 1. The normalized spacial score (nSPS) is 18.0. The van der Waals surface area contributed by atoms with Crippen LogP contribution in [0.15, 0.2) is 41.2 Å². The first-order chi connectivity index (χ1) is 13.7. The van der Waals surface area contributed by atoms with Gasteiger partial charge in [-0.1, -0.05) is 24.3 Å². The second kappa shape index (κ2) is 7.00. The number of anilines is 1. The molecule has 6 heteroatoms. The lowest BCUT2D eigenvalue weighted by molar-refractivity contribution is 0.333. The molecule has 0 radical (unpaired) electrons. The average molecular weight is 375 g/mol. The van der Waals surface area contributed by atoms with Crippen LogP contribution in [0.2, 0.25) is 0 Å². The number of aryl methyl sites for hydroxylation is 1. The molecule has 1 aromatic carbocycles. The van der Waals surface area contributed by atoms with Crippen LogP contribution in [-0.2, 0) is 6.54 Å². The first-order valence-corrected chi connectivity index (χ1v) is 10.2. The molecule has 2 aliphatic rings. The van der Waals surface area contributed by atoms with Crippen LogP contribution in [-0.4, -0.2) is 33.1 Å². The SMILES string of the molecule is Cc1nnc(N2CCC(Cn3nc(C4CC4)ccc3=O)CC2)c2ccccc12. The first kappa shape index (κ1) is 17.3. The van der Waals surface area contributed by atoms with Crippen LogP contribution in [0.25, 0.3) is 10.8 Å². The van der Waals surface area contributed by atoms with Crippen molar-refractivity contribution in [1.82, 2.24) is 20.0 Å². The van der Waals surface area contributed by atoms with Crippen molar-refractivity contribution >= 4 is 16.6 Å². The minimum absolute atomic E-state index is 0.0159. The Balaban J connectivity index is 1.30. The van der Waals surface area contributed by atoms with E-state index >= 15 is 0 Å². The Kier molecular flexibility index (Phi) is 4.34. The molecule has 5 rings (SSSR count). The maximum absolute atomic E-state index is 12.2. The zero-order valence-electron chi connectivity index (χ0n) is 16.2. The summed E-state index contributed by atoms with van der Waals surface area (Å²) in [4.78, 5) is 14.6. The molecule has 6 nitrogen and oxygen atoms in total. The van der Waals surface area contributed by atoms with Crippen LogP contribution in [0.4, 0.5) is 5.82 Å². The van der Waals surface area contributed by atoms with Gasteiger partial charge < -0.3 is 4.90 Å². The fraction of sp³-hybridized carbons (Fsp3) is 0.455. The van der Waals surface area contributed by atoms with E-state index in [1.807, 2.05) is 19.1 Å². The van der Waals surface area contributed by atoms with Gasteiger partial charge in [0.2, 0.25) is 0 Å². The van der Waals surface area contributed by atoms with Gasteiger partial charge in [0, 0.05) is 42.4 Å². The van der Waals surface area contributed by atoms with E-state index in [4.69, 9.17) is 0 Å². The lowest BCUT2D eigenvalue weighted by atomic mass is 9.96. The summed E-state index contributed by atoms with van der Waals surface area (Å²) in [5, 5.41) is 15.8. The minimum atomic E-state index is 0.0159. The van der Waals surface area contributed by atoms with Gasteiger partial charge in [-0.3, -0.25) is 4.79 Å². The molecule has 3 aromatic rings. The molecule has 0 N–H and O–H groups in total. The summed E-state index contributed by atoms with van der Waals surface area (Å²) < 4.78 is 1.69. The van der Waals surface area contributed by atoms with Gasteiger partial charge >= 0.3 is 0 Å². The lowest BCUT2D eigenvalue weighted by Crippen LogP contribution is -2.37. The number of hydrogen-bond acceptors (Lipinski definition) is 5. The maximum atomic E-state index is 12.2. The van der Waals surface area contributed by atoms with E-state index in [0.717, 1.165) is 43.1 Å². The van der Waals surface area contributed by atoms with Crippen molar-refractivity contribution in [3.05, 3.63) is 58.1 Å². The van der Waals surface area contributed by atoms with Gasteiger partial charge in [-0.25, -0.2) is 4.68 Å². The van der Waals surface area contributed by atoms with Crippen LogP contribution < -0.4 is 10.5 Å². The molecule has 2 fully saturated rings. The van der Waals surface area contributed by atoms with E-state index in [9.17, 15) is 4.79 Å². The summed E-state index contributed by atoms with van der Waals surface area (Å²) in [5.41, 5.74) is 2.07. The third-order valence-electron chi connectivity index (χ3n) is 6.08. The van der Waals surface area contributed by atoms with Crippen molar-refractivity contribution in [3.63, 3.8) is 0 Å². The van der Waals surface area contributed by atoms with E-state index in [0.29, 0.717) is 18.4 Å². The summed E-state index contributed by atoms with van der Waals surface area (Å²) in [6.07, 6.45) is 4.47. The molecule has 144 valence electrons. The highest BCUT2D eigenvalue weighted by atomic mass is 16.1. The van der Waals surface area contributed by atoms with E-state index in [-0.39, 0.29) is 5.56 Å². The Bertz CT molecular complexity index is 1060. The predicted molar refractivity (Wildman–Crippen MR) is 110 cm³/mol. The molecular formula is C22H25N5O. The molecule has 3 heterocycles. The molecule has 0 amide bonds. The van der Waals surface area contributed by atoms with E-state index in [1.54, 1.807) is 10.7 Å². The number of piperidine rings is 1. The summed E-state index contributed by atoms with van der Waals surface area (Å²) in [5.74, 6) is 2.02. The van der Waals surface area contributed by atoms with Gasteiger partial charge in [0.05, 0.1) is 11.4 Å². The summed E-state index contributed by atoms with van der Waals surface area (Å²) >= 11 is 0. The van der Waals surface area contributed by atoms with Crippen molar-refractivity contribution in [2.45, 2.75) is 45.1 Å². The number of hydrogen-bond donors (Lipinski definition) is 0. The molecule has 0 atom stereocenters. The van der Waals surface area contributed by atoms with Gasteiger partial charge in [-0.15, -0.1) is 5.10 Å². The molecule has 2 aromatic heterocycles. The van der Waals surface area contributed by atoms with Gasteiger partial charge in [-0.2, -0.15) is 10.2 Å². The number of nitrogens with zero attached hydrogens (tertiary/aromatic N) is 5. The van der Waals surface area contributed by atoms with E-state index in [1.165, 1.54) is 23.6 Å². The summed E-state index contributed by atoms with van der Waals surface area (Å²) in [6.45, 7) is 4.59. The highest BCUT2D eigenvalue weighted by Gasteiger charge is 2.27. The molecule has 0 spiro atoms. The molecule has 0 unspecified atom stereocenters. The molecule has 1 aliphatic carbocycles. The Morgan fingerprint density at radius 3 is 2.46 bits per heavy atom. The molecule has 1 saturated carbocycles. The second-order valence-corrected chi connectivity index (χ2v) is 8.14. The topological polar surface area (TPSA) is 63.9 Å². The second-order valence-electron chi connectivity index (χ2n) is 8.14. The molecule has 28 heavy (non-hydrogen) atoms. The van der Waals surface area contributed by atoms with E-state index < -0.39 is 0 Å². The highest BCUT2D eigenvalue weighted by molar-refractivity contribution is 5.93. The summed E-state index contributed by atoms with van der Waals surface area (Å²) in [6, 6.07) is 11.9. The Morgan fingerprint density at radius 2 is 1.71 bits per heavy atom. The number of benzene rings is 1. The monoisotopic (exact) mass is 375 g/mol. The maximum Gasteiger partial charge on any atom is 0.266 e. The van der Waals surface area contributed by atoms with Crippen LogP contribution >= 0.6 is 0 Å². The molecular weight excluding hydrogens is 350 g/mol. The van der Waals surface area contributed by atoms with Gasteiger partial charge in [0.15, 0.2) is 5.82 Å². The molecule has 1 saturated heterocycles. The Hall–Kier alpha value is -2.76. The Morgan fingerprint density at radius 1 is 0.964 bits per heavy atom. The van der Waals surface area contributed by atoms with Crippen molar-refractivity contribution in [1.29, 1.82) is 0 Å². The smallest absolute Gasteiger partial charge is 0.266 e. The van der Waals surface area contributed by atoms with Crippen LogP contribution in [0, 0.1) is 12.8 Å². The molecule has 1 aliphatic heterocycles. The molecule has 0 bridgehead atoms. The van der Waals surface area contributed by atoms with Crippen LogP contribution in [0.3, 0.4) is 0 Å². The first-order valence-electron chi connectivity index (χ1n) is 10.2. The minimum Gasteiger partial charge on any atom is -0.355 e. The van der Waals surface area contributed by atoms with Gasteiger partial charge in [0.25, 0.3) is 5.56 Å². The van der Waals surface area contributed by atoms with Crippen molar-refractivity contribution in [2.75, 3.05) is 18.0 Å². The van der Waals surface area contributed by atoms with Crippen molar-refractivity contribution in [2.24, 2.45) is 5.92 Å². The van der Waals surface area contributed by atoms with Crippen LogP contribution in [0.1, 0.15) is 43.0 Å². The number of rotatable bonds is 4. The largest absolute Gasteiger partial charge is 0.355 e. The van der Waals surface area contributed by atoms with Crippen molar-refractivity contribution < 1.29 is 0 Å². The van der Waals surface area contributed by atoms with Crippen molar-refractivity contribution in [3.8, 4) is 0 Å². The van der Waals surface area contributed by atoms with E-state index in [2.05, 4.69) is 38.4 Å². The third kappa shape index (κ3) is 3.28.